The van der Waals surface area contributed by atoms with Gasteiger partial charge in [0, 0.05) is 18.8 Å². The molecule has 0 aliphatic heterocycles. The highest BCUT2D eigenvalue weighted by Crippen LogP contribution is 2.28. The third-order valence-electron chi connectivity index (χ3n) is 5.29. The second-order valence-electron chi connectivity index (χ2n) is 7.51. The van der Waals surface area contributed by atoms with Crippen molar-refractivity contribution in [1.82, 2.24) is 4.90 Å². The predicted molar refractivity (Wildman–Crippen MR) is 132 cm³/mol. The largest absolute Gasteiger partial charge is 0.545 e. The zero-order chi connectivity index (χ0) is 23.8. The Bertz CT molecular complexity index is 1100. The van der Waals surface area contributed by atoms with Gasteiger partial charge in [-0.3, -0.25) is 0 Å². The van der Waals surface area contributed by atoms with E-state index in [1.54, 1.807) is 38.5 Å². The Morgan fingerprint density at radius 1 is 0.879 bits per heavy atom. The maximum absolute atomic E-state index is 11.1. The molecule has 6 nitrogen and oxygen atoms in total. The van der Waals surface area contributed by atoms with Gasteiger partial charge in [-0.2, -0.15) is 0 Å². The van der Waals surface area contributed by atoms with Crippen LogP contribution in [0.2, 0.25) is 0 Å². The van der Waals surface area contributed by atoms with Crippen LogP contribution in [-0.4, -0.2) is 30.2 Å². The topological polar surface area (TPSA) is 73.9 Å². The third-order valence-corrected chi connectivity index (χ3v) is 5.65. The normalized spacial score (nSPS) is 10.4. The molecule has 0 bridgehead atoms. The van der Waals surface area contributed by atoms with Crippen LogP contribution in [0.5, 0.6) is 11.5 Å². The van der Waals surface area contributed by atoms with E-state index in [9.17, 15) is 9.90 Å². The van der Waals surface area contributed by atoms with E-state index in [4.69, 9.17) is 21.7 Å². The first-order valence-electron chi connectivity index (χ1n) is 10.6. The van der Waals surface area contributed by atoms with Crippen molar-refractivity contribution < 1.29 is 19.4 Å². The number of nitrogens with zero attached hydrogens (tertiary/aromatic N) is 1. The molecule has 0 saturated heterocycles. The Hall–Kier alpha value is -3.58. The van der Waals surface area contributed by atoms with Crippen molar-refractivity contribution in [3.63, 3.8) is 0 Å². The summed E-state index contributed by atoms with van der Waals surface area (Å²) < 4.78 is 10.8. The molecule has 1 N–H and O–H groups in total. The molecule has 0 aliphatic rings. The number of aryl methyl sites for hydroxylation is 1. The summed E-state index contributed by atoms with van der Waals surface area (Å²) in [6, 6.07) is 20.5. The minimum atomic E-state index is -1.20. The number of carbonyl (C=O) groups excluding carboxylic acids is 1. The van der Waals surface area contributed by atoms with E-state index >= 15 is 0 Å². The number of carboxylic acids is 1. The van der Waals surface area contributed by atoms with E-state index in [0.29, 0.717) is 29.7 Å². The van der Waals surface area contributed by atoms with E-state index in [2.05, 4.69) is 24.4 Å². The van der Waals surface area contributed by atoms with Crippen LogP contribution in [0.15, 0.2) is 66.7 Å². The summed E-state index contributed by atoms with van der Waals surface area (Å²) in [7, 11) is 3.20. The maximum Gasteiger partial charge on any atom is 0.174 e. The number of rotatable bonds is 9. The quantitative estimate of drug-likeness (QED) is 0.480. The van der Waals surface area contributed by atoms with Crippen LogP contribution in [-0.2, 0) is 19.5 Å². The summed E-state index contributed by atoms with van der Waals surface area (Å²) in [5.74, 6) is 0.0983. The SMILES string of the molecule is CCc1ccc(NC(=S)N(Cc2ccc(C(=O)[O-])cc2)Cc2ccc(OC)c(OC)c2)cc1. The molecule has 0 spiro atoms. The highest BCUT2D eigenvalue weighted by atomic mass is 32.1. The van der Waals surface area contributed by atoms with E-state index in [1.165, 1.54) is 5.56 Å². The first-order valence-corrected chi connectivity index (χ1v) is 11.0. The van der Waals surface area contributed by atoms with Crippen LogP contribution in [0.4, 0.5) is 5.69 Å². The number of anilines is 1. The first kappa shape index (κ1) is 24.1. The Labute approximate surface area is 199 Å². The van der Waals surface area contributed by atoms with E-state index < -0.39 is 5.97 Å². The number of hydrogen-bond acceptors (Lipinski definition) is 5. The molecule has 3 aromatic rings. The molecule has 0 radical (unpaired) electrons. The molecule has 172 valence electrons. The molecular weight excluding hydrogens is 436 g/mol. The van der Waals surface area contributed by atoms with Crippen LogP contribution in [0.1, 0.15) is 34.0 Å². The molecule has 0 unspecified atom stereocenters. The van der Waals surface area contributed by atoms with Crippen LogP contribution in [0, 0.1) is 0 Å². The summed E-state index contributed by atoms with van der Waals surface area (Å²) in [6.45, 7) is 3.12. The number of ether oxygens (including phenoxy) is 2. The van der Waals surface area contributed by atoms with E-state index in [0.717, 1.165) is 23.2 Å². The van der Waals surface area contributed by atoms with E-state index in [1.807, 2.05) is 35.2 Å². The van der Waals surface area contributed by atoms with Gasteiger partial charge in [0.25, 0.3) is 0 Å². The number of carbonyl (C=O) groups is 1. The monoisotopic (exact) mass is 463 g/mol. The van der Waals surface area contributed by atoms with Gasteiger partial charge in [0.15, 0.2) is 16.6 Å². The summed E-state index contributed by atoms with van der Waals surface area (Å²) in [5, 5.41) is 14.9. The fourth-order valence-electron chi connectivity index (χ4n) is 3.39. The van der Waals surface area contributed by atoms with Crippen LogP contribution < -0.4 is 19.9 Å². The van der Waals surface area contributed by atoms with Gasteiger partial charge in [-0.1, -0.05) is 49.4 Å². The van der Waals surface area contributed by atoms with Crippen LogP contribution in [0.3, 0.4) is 0 Å². The molecule has 3 aromatic carbocycles. The molecule has 33 heavy (non-hydrogen) atoms. The minimum Gasteiger partial charge on any atom is -0.545 e. The second kappa shape index (κ2) is 11.3. The molecular formula is C26H27N2O4S-. The van der Waals surface area contributed by atoms with Crippen molar-refractivity contribution >= 4 is 29.0 Å². The van der Waals surface area contributed by atoms with Crippen molar-refractivity contribution in [1.29, 1.82) is 0 Å². The van der Waals surface area contributed by atoms with Gasteiger partial charge >= 0.3 is 0 Å². The number of hydrogen-bond donors (Lipinski definition) is 1. The average molecular weight is 464 g/mol. The lowest BCUT2D eigenvalue weighted by molar-refractivity contribution is -0.255. The summed E-state index contributed by atoms with van der Waals surface area (Å²) in [5.41, 5.74) is 4.21. The number of carboxylic acid groups (broad SMARTS) is 1. The number of methoxy groups -OCH3 is 2. The lowest BCUT2D eigenvalue weighted by Gasteiger charge is -2.27. The Morgan fingerprint density at radius 3 is 2.03 bits per heavy atom. The summed E-state index contributed by atoms with van der Waals surface area (Å²) in [4.78, 5) is 13.1. The van der Waals surface area contributed by atoms with E-state index in [-0.39, 0.29) is 5.56 Å². The maximum atomic E-state index is 11.1. The first-order chi connectivity index (χ1) is 15.9. The van der Waals surface area contributed by atoms with Crippen LogP contribution >= 0.6 is 12.2 Å². The number of aromatic carboxylic acids is 1. The van der Waals surface area contributed by atoms with Gasteiger partial charge < -0.3 is 29.6 Å². The van der Waals surface area contributed by atoms with Crippen molar-refractivity contribution in [2.45, 2.75) is 26.4 Å². The molecule has 0 heterocycles. The van der Waals surface area contributed by atoms with Crippen molar-refractivity contribution in [3.05, 3.63) is 89.0 Å². The fourth-order valence-corrected chi connectivity index (χ4v) is 3.64. The highest BCUT2D eigenvalue weighted by molar-refractivity contribution is 7.80. The zero-order valence-electron chi connectivity index (χ0n) is 19.0. The van der Waals surface area contributed by atoms with Crippen molar-refractivity contribution in [3.8, 4) is 11.5 Å². The Kier molecular flexibility index (Phi) is 8.27. The molecule has 0 fully saturated rings. The minimum absolute atomic E-state index is 0.141. The van der Waals surface area contributed by atoms with Gasteiger partial charge in [-0.15, -0.1) is 0 Å². The Morgan fingerprint density at radius 2 is 1.45 bits per heavy atom. The highest BCUT2D eigenvalue weighted by Gasteiger charge is 2.14. The molecule has 0 atom stereocenters. The van der Waals surface area contributed by atoms with Crippen LogP contribution in [0.25, 0.3) is 0 Å². The standard InChI is InChI=1S/C26H28N2O4S/c1-4-18-7-12-22(13-8-18)27-26(33)28(16-19-5-10-21(11-6-19)25(29)30)17-20-9-14-23(31-2)24(15-20)32-3/h5-15H,4,16-17H2,1-3H3,(H,27,33)(H,29,30)/p-1. The third kappa shape index (κ3) is 6.46. The Balaban J connectivity index is 1.84. The van der Waals surface area contributed by atoms with Gasteiger partial charge in [-0.05, 0) is 65.2 Å². The van der Waals surface area contributed by atoms with Gasteiger partial charge in [-0.25, -0.2) is 0 Å². The molecule has 3 rings (SSSR count). The predicted octanol–water partition coefficient (Wildman–Crippen LogP) is 4.03. The van der Waals surface area contributed by atoms with Gasteiger partial charge in [0.05, 0.1) is 20.2 Å². The van der Waals surface area contributed by atoms with Crippen molar-refractivity contribution in [2.24, 2.45) is 0 Å². The molecule has 7 heteroatoms. The molecule has 0 aliphatic carbocycles. The smallest absolute Gasteiger partial charge is 0.174 e. The second-order valence-corrected chi connectivity index (χ2v) is 7.90. The van der Waals surface area contributed by atoms with Gasteiger partial charge in [0.2, 0.25) is 0 Å². The lowest BCUT2D eigenvalue weighted by atomic mass is 10.1. The number of thiocarbonyl (C=S) groups is 1. The molecule has 0 amide bonds. The number of benzene rings is 3. The van der Waals surface area contributed by atoms with Crippen molar-refractivity contribution in [2.75, 3.05) is 19.5 Å². The molecule has 0 aromatic heterocycles. The number of nitrogens with one attached hydrogen (secondary N) is 1. The summed E-state index contributed by atoms with van der Waals surface area (Å²) >= 11 is 5.75. The average Bonchev–Trinajstić information content (AvgIpc) is 2.84. The molecule has 0 saturated carbocycles. The lowest BCUT2D eigenvalue weighted by Crippen LogP contribution is -2.34. The fraction of sp³-hybridized carbons (Fsp3) is 0.231. The van der Waals surface area contributed by atoms with Gasteiger partial charge in [0.1, 0.15) is 0 Å². The summed E-state index contributed by atoms with van der Waals surface area (Å²) in [6.07, 6.45) is 0.970. The zero-order valence-corrected chi connectivity index (χ0v) is 19.8.